The summed E-state index contributed by atoms with van der Waals surface area (Å²) in [6, 6.07) is 0. The highest BCUT2D eigenvalue weighted by Crippen LogP contribution is 2.40. The van der Waals surface area contributed by atoms with Crippen molar-refractivity contribution in [2.45, 2.75) is 44.6 Å². The Morgan fingerprint density at radius 3 is 2.47 bits per heavy atom. The number of nitrogens with zero attached hydrogens (tertiary/aromatic N) is 1. The Morgan fingerprint density at radius 2 is 2.00 bits per heavy atom. The van der Waals surface area contributed by atoms with E-state index in [-0.39, 0.29) is 5.91 Å². The number of hydrogen-bond acceptors (Lipinski definition) is 3. The average molecular weight is 239 g/mol. The lowest BCUT2D eigenvalue weighted by atomic mass is 9.90. The van der Waals surface area contributed by atoms with Crippen LogP contribution in [0.3, 0.4) is 0 Å². The predicted molar refractivity (Wildman–Crippen MR) is 68.6 cm³/mol. The van der Waals surface area contributed by atoms with Crippen LogP contribution in [0.2, 0.25) is 0 Å². The number of nitrogens with two attached hydrogens (primary N) is 1. The quantitative estimate of drug-likeness (QED) is 0.718. The average Bonchev–Trinajstić information content (AvgIpc) is 3.13. The Morgan fingerprint density at radius 1 is 1.35 bits per heavy atom. The number of carbonyl (C=O) groups is 1. The SMILES string of the molecule is CCNC(CN1CCCCC1)(C(N)=O)C1CC1. The van der Waals surface area contributed by atoms with E-state index in [9.17, 15) is 4.79 Å². The Balaban J connectivity index is 2.05. The van der Waals surface area contributed by atoms with Crippen LogP contribution in [0.25, 0.3) is 0 Å². The predicted octanol–water partition coefficient (Wildman–Crippen LogP) is 0.716. The second kappa shape index (κ2) is 5.36. The maximum Gasteiger partial charge on any atom is 0.239 e. The lowest BCUT2D eigenvalue weighted by Crippen LogP contribution is -2.63. The summed E-state index contributed by atoms with van der Waals surface area (Å²) in [5.41, 5.74) is 5.22. The molecule has 1 unspecified atom stereocenters. The molecule has 2 aliphatic rings. The van der Waals surface area contributed by atoms with E-state index in [0.717, 1.165) is 39.0 Å². The normalized spacial score (nSPS) is 25.5. The molecular weight excluding hydrogens is 214 g/mol. The lowest BCUT2D eigenvalue weighted by molar-refractivity contribution is -0.126. The van der Waals surface area contributed by atoms with Gasteiger partial charge >= 0.3 is 0 Å². The first-order valence-corrected chi connectivity index (χ1v) is 6.96. The highest BCUT2D eigenvalue weighted by molar-refractivity contribution is 5.86. The van der Waals surface area contributed by atoms with E-state index in [1.165, 1.54) is 19.3 Å². The zero-order valence-electron chi connectivity index (χ0n) is 10.9. The second-order valence-electron chi connectivity index (χ2n) is 5.48. The van der Waals surface area contributed by atoms with Gasteiger partial charge in [-0.05, 0) is 51.2 Å². The van der Waals surface area contributed by atoms with Gasteiger partial charge in [0.2, 0.25) is 5.91 Å². The number of hydrogen-bond donors (Lipinski definition) is 2. The lowest BCUT2D eigenvalue weighted by Gasteiger charge is -2.38. The smallest absolute Gasteiger partial charge is 0.239 e. The monoisotopic (exact) mass is 239 g/mol. The molecule has 3 N–H and O–H groups in total. The number of primary amides is 1. The van der Waals surface area contributed by atoms with Gasteiger partial charge < -0.3 is 16.0 Å². The fourth-order valence-corrected chi connectivity index (χ4v) is 3.06. The van der Waals surface area contributed by atoms with Gasteiger partial charge in [-0.2, -0.15) is 0 Å². The standard InChI is InChI=1S/C13H25N3O/c1-2-15-13(12(14)17,11-6-7-11)10-16-8-4-3-5-9-16/h11,15H,2-10H2,1H3,(H2,14,17). The molecule has 0 aromatic carbocycles. The molecular formula is C13H25N3O. The van der Waals surface area contributed by atoms with Crippen LogP contribution in [0.1, 0.15) is 39.0 Å². The molecule has 4 nitrogen and oxygen atoms in total. The molecule has 17 heavy (non-hydrogen) atoms. The molecule has 1 saturated carbocycles. The number of likely N-dealkylation sites (N-methyl/N-ethyl adjacent to an activating group) is 1. The molecule has 98 valence electrons. The summed E-state index contributed by atoms with van der Waals surface area (Å²) in [4.78, 5) is 14.3. The molecule has 0 bridgehead atoms. The van der Waals surface area contributed by atoms with Crippen molar-refractivity contribution < 1.29 is 4.79 Å². The van der Waals surface area contributed by atoms with Crippen molar-refractivity contribution in [2.75, 3.05) is 26.2 Å². The topological polar surface area (TPSA) is 58.4 Å². The van der Waals surface area contributed by atoms with Gasteiger partial charge in [0.15, 0.2) is 0 Å². The number of carbonyl (C=O) groups excluding carboxylic acids is 1. The van der Waals surface area contributed by atoms with Gasteiger partial charge in [0.25, 0.3) is 0 Å². The van der Waals surface area contributed by atoms with Crippen molar-refractivity contribution in [3.05, 3.63) is 0 Å². The van der Waals surface area contributed by atoms with Gasteiger partial charge in [0.1, 0.15) is 5.54 Å². The number of piperidine rings is 1. The van der Waals surface area contributed by atoms with Crippen LogP contribution in [0.5, 0.6) is 0 Å². The van der Waals surface area contributed by atoms with Crippen LogP contribution < -0.4 is 11.1 Å². The minimum Gasteiger partial charge on any atom is -0.368 e. The van der Waals surface area contributed by atoms with Crippen LogP contribution in [0.15, 0.2) is 0 Å². The summed E-state index contributed by atoms with van der Waals surface area (Å²) >= 11 is 0. The van der Waals surface area contributed by atoms with E-state index in [2.05, 4.69) is 17.1 Å². The number of amides is 1. The van der Waals surface area contributed by atoms with Crippen LogP contribution in [0.4, 0.5) is 0 Å². The van der Waals surface area contributed by atoms with Crippen LogP contribution in [-0.2, 0) is 4.79 Å². The summed E-state index contributed by atoms with van der Waals surface area (Å²) in [5.74, 6) is 0.300. The van der Waals surface area contributed by atoms with Crippen molar-refractivity contribution in [1.82, 2.24) is 10.2 Å². The minimum absolute atomic E-state index is 0.160. The van der Waals surface area contributed by atoms with Crippen molar-refractivity contribution >= 4 is 5.91 Å². The molecule has 0 aromatic heterocycles. The zero-order valence-corrected chi connectivity index (χ0v) is 10.9. The maximum absolute atomic E-state index is 11.9. The Labute approximate surface area is 104 Å². The third kappa shape index (κ3) is 2.80. The van der Waals surface area contributed by atoms with E-state index in [0.29, 0.717) is 5.92 Å². The first-order valence-electron chi connectivity index (χ1n) is 6.96. The minimum atomic E-state index is -0.466. The molecule has 1 amide bonds. The summed E-state index contributed by atoms with van der Waals surface area (Å²) in [7, 11) is 0. The molecule has 1 heterocycles. The van der Waals surface area contributed by atoms with Crippen molar-refractivity contribution in [2.24, 2.45) is 11.7 Å². The molecule has 1 aliphatic heterocycles. The maximum atomic E-state index is 11.9. The van der Waals surface area contributed by atoms with Crippen molar-refractivity contribution in [3.8, 4) is 0 Å². The first kappa shape index (κ1) is 12.8. The van der Waals surface area contributed by atoms with Crippen LogP contribution in [-0.4, -0.2) is 42.5 Å². The first-order chi connectivity index (χ1) is 8.19. The number of likely N-dealkylation sites (tertiary alicyclic amines) is 1. The van der Waals surface area contributed by atoms with E-state index < -0.39 is 5.54 Å². The van der Waals surface area contributed by atoms with Gasteiger partial charge in [-0.25, -0.2) is 0 Å². The molecule has 2 fully saturated rings. The molecule has 0 spiro atoms. The van der Waals surface area contributed by atoms with Crippen LogP contribution in [0, 0.1) is 5.92 Å². The van der Waals surface area contributed by atoms with Gasteiger partial charge in [-0.1, -0.05) is 13.3 Å². The summed E-state index contributed by atoms with van der Waals surface area (Å²) in [6.07, 6.45) is 6.12. The fourth-order valence-electron chi connectivity index (χ4n) is 3.06. The molecule has 2 rings (SSSR count). The molecule has 0 radical (unpaired) electrons. The molecule has 1 atom stereocenters. The van der Waals surface area contributed by atoms with Crippen molar-refractivity contribution in [3.63, 3.8) is 0 Å². The number of rotatable bonds is 6. The van der Waals surface area contributed by atoms with Gasteiger partial charge in [-0.3, -0.25) is 4.79 Å². The fraction of sp³-hybridized carbons (Fsp3) is 0.923. The van der Waals surface area contributed by atoms with Crippen molar-refractivity contribution in [1.29, 1.82) is 0 Å². The van der Waals surface area contributed by atoms with E-state index in [1.54, 1.807) is 0 Å². The second-order valence-corrected chi connectivity index (χ2v) is 5.48. The van der Waals surface area contributed by atoms with Gasteiger partial charge in [0, 0.05) is 6.54 Å². The van der Waals surface area contributed by atoms with Gasteiger partial charge in [-0.15, -0.1) is 0 Å². The van der Waals surface area contributed by atoms with E-state index >= 15 is 0 Å². The summed E-state index contributed by atoms with van der Waals surface area (Å²) < 4.78 is 0. The molecule has 0 aromatic rings. The van der Waals surface area contributed by atoms with Gasteiger partial charge in [0.05, 0.1) is 0 Å². The third-order valence-corrected chi connectivity index (χ3v) is 4.13. The number of nitrogens with one attached hydrogen (secondary N) is 1. The molecule has 4 heteroatoms. The summed E-state index contributed by atoms with van der Waals surface area (Å²) in [6.45, 7) is 5.91. The highest BCUT2D eigenvalue weighted by atomic mass is 16.1. The third-order valence-electron chi connectivity index (χ3n) is 4.13. The molecule has 1 saturated heterocycles. The van der Waals surface area contributed by atoms with Crippen LogP contribution >= 0.6 is 0 Å². The molecule has 1 aliphatic carbocycles. The van der Waals surface area contributed by atoms with E-state index in [4.69, 9.17) is 5.73 Å². The summed E-state index contributed by atoms with van der Waals surface area (Å²) in [5, 5.41) is 3.39. The largest absolute Gasteiger partial charge is 0.368 e. The Kier molecular flexibility index (Phi) is 4.05. The van der Waals surface area contributed by atoms with E-state index in [1.807, 2.05) is 0 Å². The highest BCUT2D eigenvalue weighted by Gasteiger charge is 2.50. The Hall–Kier alpha value is -0.610. The Bertz CT molecular complexity index is 272. The zero-order chi connectivity index (χ0) is 12.3.